The summed E-state index contributed by atoms with van der Waals surface area (Å²) in [5.74, 6) is -0.400. The molecule has 0 fully saturated rings. The molecule has 0 spiro atoms. The topological polar surface area (TPSA) is 105 Å². The van der Waals surface area contributed by atoms with Gasteiger partial charge < -0.3 is 19.7 Å². The number of rotatable bonds is 16. The van der Waals surface area contributed by atoms with Crippen molar-refractivity contribution in [1.29, 1.82) is 0 Å². The standard InChI is InChI=1S/C38H43Cl2N3O6S/c1-6-7-17-41-38(45)34(21-28-11-9-8-10-12-28)42(24-29-13-14-30(39)22-33(29)40)37(44)25-43(31-19-26(2)18-27(3)20-31)50(46,47)32-15-16-35(48-4)36(23-32)49-5/h8-16,18-20,22-23,34H,6-7,17,21,24-25H2,1-5H3,(H,41,45)/t34-/m0/s1. The highest BCUT2D eigenvalue weighted by Crippen LogP contribution is 2.33. The fourth-order valence-electron chi connectivity index (χ4n) is 5.62. The number of halogens is 2. The van der Waals surface area contributed by atoms with Crippen LogP contribution in [0.2, 0.25) is 10.0 Å². The van der Waals surface area contributed by atoms with Crippen LogP contribution < -0.4 is 19.1 Å². The number of methoxy groups -OCH3 is 2. The molecule has 0 aliphatic rings. The molecule has 0 bridgehead atoms. The third-order valence-corrected chi connectivity index (χ3v) is 10.5. The third-order valence-electron chi connectivity index (χ3n) is 8.17. The highest BCUT2D eigenvalue weighted by atomic mass is 35.5. The molecule has 0 aliphatic carbocycles. The van der Waals surface area contributed by atoms with Crippen LogP contribution in [0.5, 0.6) is 11.5 Å². The van der Waals surface area contributed by atoms with Crippen molar-refractivity contribution >= 4 is 50.7 Å². The third kappa shape index (κ3) is 9.71. The number of benzene rings is 4. The van der Waals surface area contributed by atoms with E-state index in [2.05, 4.69) is 5.32 Å². The number of amides is 2. The molecule has 1 atom stereocenters. The minimum Gasteiger partial charge on any atom is -0.493 e. The van der Waals surface area contributed by atoms with Crippen LogP contribution in [-0.2, 0) is 32.6 Å². The SMILES string of the molecule is CCCCNC(=O)[C@H](Cc1ccccc1)N(Cc1ccc(Cl)cc1Cl)C(=O)CN(c1cc(C)cc(C)c1)S(=O)(=O)c1ccc(OC)c(OC)c1. The van der Waals surface area contributed by atoms with Gasteiger partial charge in [0.2, 0.25) is 11.8 Å². The molecular formula is C38H43Cl2N3O6S. The maximum absolute atomic E-state index is 14.8. The smallest absolute Gasteiger partial charge is 0.264 e. The first-order valence-corrected chi connectivity index (χ1v) is 18.5. The summed E-state index contributed by atoms with van der Waals surface area (Å²) >= 11 is 12.8. The number of hydrogen-bond donors (Lipinski definition) is 1. The molecule has 0 radical (unpaired) electrons. The number of carbonyl (C=O) groups is 2. The second-order valence-corrected chi connectivity index (χ2v) is 14.7. The van der Waals surface area contributed by atoms with E-state index in [0.29, 0.717) is 33.6 Å². The molecule has 2 amide bonds. The van der Waals surface area contributed by atoms with Gasteiger partial charge in [-0.15, -0.1) is 0 Å². The molecule has 0 heterocycles. The summed E-state index contributed by atoms with van der Waals surface area (Å²) < 4.78 is 40.9. The second-order valence-electron chi connectivity index (χ2n) is 12.0. The van der Waals surface area contributed by atoms with E-state index in [1.165, 1.54) is 37.3 Å². The van der Waals surface area contributed by atoms with Crippen molar-refractivity contribution in [2.24, 2.45) is 0 Å². The van der Waals surface area contributed by atoms with Crippen LogP contribution in [0.15, 0.2) is 89.8 Å². The lowest BCUT2D eigenvalue weighted by Crippen LogP contribution is -2.53. The van der Waals surface area contributed by atoms with E-state index in [9.17, 15) is 18.0 Å². The van der Waals surface area contributed by atoms with E-state index in [1.807, 2.05) is 57.2 Å². The Morgan fingerprint density at radius 3 is 2.16 bits per heavy atom. The maximum atomic E-state index is 14.8. The van der Waals surface area contributed by atoms with Crippen LogP contribution in [0.4, 0.5) is 5.69 Å². The van der Waals surface area contributed by atoms with E-state index in [1.54, 1.807) is 30.3 Å². The van der Waals surface area contributed by atoms with Gasteiger partial charge in [-0.1, -0.05) is 79.0 Å². The average molecular weight is 741 g/mol. The maximum Gasteiger partial charge on any atom is 0.264 e. The number of ether oxygens (including phenoxy) is 2. The quantitative estimate of drug-likeness (QED) is 0.120. The fraction of sp³-hybridized carbons (Fsp3) is 0.316. The van der Waals surface area contributed by atoms with E-state index in [4.69, 9.17) is 32.7 Å². The summed E-state index contributed by atoms with van der Waals surface area (Å²) in [5.41, 5.74) is 3.28. The van der Waals surface area contributed by atoms with E-state index in [-0.39, 0.29) is 29.5 Å². The number of sulfonamides is 1. The average Bonchev–Trinajstić information content (AvgIpc) is 3.09. The van der Waals surface area contributed by atoms with Crippen molar-refractivity contribution in [3.05, 3.63) is 117 Å². The van der Waals surface area contributed by atoms with Crippen LogP contribution in [0.25, 0.3) is 0 Å². The fourth-order valence-corrected chi connectivity index (χ4v) is 7.50. The molecule has 9 nitrogen and oxygen atoms in total. The zero-order valence-corrected chi connectivity index (χ0v) is 31.2. The van der Waals surface area contributed by atoms with Crippen LogP contribution >= 0.6 is 23.2 Å². The van der Waals surface area contributed by atoms with Gasteiger partial charge in [0.25, 0.3) is 10.0 Å². The first kappa shape index (κ1) is 38.6. The molecule has 4 aromatic carbocycles. The lowest BCUT2D eigenvalue weighted by molar-refractivity contribution is -0.140. The van der Waals surface area contributed by atoms with Gasteiger partial charge >= 0.3 is 0 Å². The molecule has 266 valence electrons. The largest absolute Gasteiger partial charge is 0.493 e. The molecule has 0 aliphatic heterocycles. The first-order valence-electron chi connectivity index (χ1n) is 16.3. The highest BCUT2D eigenvalue weighted by molar-refractivity contribution is 7.92. The van der Waals surface area contributed by atoms with Crippen molar-refractivity contribution < 1.29 is 27.5 Å². The van der Waals surface area contributed by atoms with Crippen LogP contribution in [0.3, 0.4) is 0 Å². The zero-order chi connectivity index (χ0) is 36.4. The predicted octanol–water partition coefficient (Wildman–Crippen LogP) is 7.38. The van der Waals surface area contributed by atoms with Gasteiger partial charge in [0.05, 0.1) is 24.8 Å². The number of carbonyl (C=O) groups excluding carboxylic acids is 2. The summed E-state index contributed by atoms with van der Waals surface area (Å²) in [6, 6.07) is 22.9. The van der Waals surface area contributed by atoms with Gasteiger partial charge in [0.1, 0.15) is 12.6 Å². The van der Waals surface area contributed by atoms with Crippen molar-refractivity contribution in [2.45, 2.75) is 57.5 Å². The summed E-state index contributed by atoms with van der Waals surface area (Å²) in [6.45, 7) is 5.46. The molecule has 0 saturated heterocycles. The molecule has 1 N–H and O–H groups in total. The minimum absolute atomic E-state index is 0.0787. The van der Waals surface area contributed by atoms with Crippen molar-refractivity contribution in [3.63, 3.8) is 0 Å². The Bertz CT molecular complexity index is 1890. The van der Waals surface area contributed by atoms with Gasteiger partial charge in [-0.05, 0) is 78.9 Å². The van der Waals surface area contributed by atoms with Gasteiger partial charge in [-0.25, -0.2) is 8.42 Å². The second kappa shape index (κ2) is 17.6. The number of anilines is 1. The number of hydrogen-bond acceptors (Lipinski definition) is 6. The summed E-state index contributed by atoms with van der Waals surface area (Å²) in [7, 11) is -1.51. The summed E-state index contributed by atoms with van der Waals surface area (Å²) in [5, 5.41) is 3.71. The van der Waals surface area contributed by atoms with Crippen molar-refractivity contribution in [1.82, 2.24) is 10.2 Å². The Labute approximate surface area is 305 Å². The van der Waals surface area contributed by atoms with Gasteiger partial charge in [-0.3, -0.25) is 13.9 Å². The van der Waals surface area contributed by atoms with Crippen molar-refractivity contribution in [2.75, 3.05) is 31.6 Å². The van der Waals surface area contributed by atoms with Gasteiger partial charge in [-0.2, -0.15) is 0 Å². The number of nitrogens with zero attached hydrogens (tertiary/aromatic N) is 2. The normalized spacial score (nSPS) is 11.8. The monoisotopic (exact) mass is 739 g/mol. The summed E-state index contributed by atoms with van der Waals surface area (Å²) in [4.78, 5) is 30.1. The first-order chi connectivity index (χ1) is 23.9. The molecule has 0 unspecified atom stereocenters. The van der Waals surface area contributed by atoms with E-state index >= 15 is 0 Å². The predicted molar refractivity (Wildman–Crippen MR) is 199 cm³/mol. The van der Waals surface area contributed by atoms with Crippen LogP contribution in [0.1, 0.15) is 42.0 Å². The molecular weight excluding hydrogens is 697 g/mol. The van der Waals surface area contributed by atoms with Gasteiger partial charge in [0, 0.05) is 35.6 Å². The Kier molecular flexibility index (Phi) is 13.6. The molecule has 12 heteroatoms. The van der Waals surface area contributed by atoms with E-state index in [0.717, 1.165) is 33.8 Å². The van der Waals surface area contributed by atoms with Gasteiger partial charge in [0.15, 0.2) is 11.5 Å². The zero-order valence-electron chi connectivity index (χ0n) is 28.9. The van der Waals surface area contributed by atoms with Crippen molar-refractivity contribution in [3.8, 4) is 11.5 Å². The van der Waals surface area contributed by atoms with Crippen LogP contribution in [-0.4, -0.2) is 58.5 Å². The number of nitrogens with one attached hydrogen (secondary N) is 1. The number of aryl methyl sites for hydroxylation is 2. The Balaban J connectivity index is 1.86. The lowest BCUT2D eigenvalue weighted by Gasteiger charge is -2.34. The number of unbranched alkanes of at least 4 members (excludes halogenated alkanes) is 1. The highest BCUT2D eigenvalue weighted by Gasteiger charge is 2.35. The minimum atomic E-state index is -4.38. The Morgan fingerprint density at radius 1 is 0.860 bits per heavy atom. The molecule has 0 aromatic heterocycles. The Morgan fingerprint density at radius 2 is 1.54 bits per heavy atom. The van der Waals surface area contributed by atoms with E-state index < -0.39 is 28.5 Å². The molecule has 50 heavy (non-hydrogen) atoms. The molecule has 4 aromatic rings. The molecule has 4 rings (SSSR count). The summed E-state index contributed by atoms with van der Waals surface area (Å²) in [6.07, 6.45) is 1.80. The molecule has 0 saturated carbocycles. The Hall–Kier alpha value is -4.25. The lowest BCUT2D eigenvalue weighted by atomic mass is 10.0. The van der Waals surface area contributed by atoms with Crippen LogP contribution in [0, 0.1) is 13.8 Å².